The van der Waals surface area contributed by atoms with E-state index in [9.17, 15) is 0 Å². The van der Waals surface area contributed by atoms with Gasteiger partial charge < -0.3 is 0 Å². The Kier molecular flexibility index (Phi) is 13.1. The SMILES string of the molecule is CCC[CH2][Sn](/[CH]=C/[C@@H](C)C[C@@]1(C)O[C@@H]1[C@H](C)[C@H](CC)OC)([CH2]CCC)[CH2]CCC. The van der Waals surface area contributed by atoms with Gasteiger partial charge in [0.1, 0.15) is 0 Å². The average molecular weight is 515 g/mol. The monoisotopic (exact) mass is 516 g/mol. The Morgan fingerprint density at radius 3 is 1.90 bits per heavy atom. The van der Waals surface area contributed by atoms with Gasteiger partial charge in [-0.05, 0) is 0 Å². The molecule has 5 atom stereocenters. The Hall–Kier alpha value is 0.459. The van der Waals surface area contributed by atoms with Gasteiger partial charge in [-0.1, -0.05) is 0 Å². The van der Waals surface area contributed by atoms with Gasteiger partial charge >= 0.3 is 188 Å². The molecule has 1 aliphatic rings. The maximum absolute atomic E-state index is 6.25. The van der Waals surface area contributed by atoms with Crippen molar-refractivity contribution in [3.63, 3.8) is 0 Å². The van der Waals surface area contributed by atoms with E-state index in [-0.39, 0.29) is 5.60 Å². The van der Waals surface area contributed by atoms with Crippen LogP contribution in [0.3, 0.4) is 0 Å². The van der Waals surface area contributed by atoms with Crippen LogP contribution in [-0.2, 0) is 9.47 Å². The molecule has 172 valence electrons. The van der Waals surface area contributed by atoms with Crippen molar-refractivity contribution in [2.45, 2.75) is 131 Å². The van der Waals surface area contributed by atoms with Crippen molar-refractivity contribution in [2.24, 2.45) is 11.8 Å². The van der Waals surface area contributed by atoms with E-state index >= 15 is 0 Å². The van der Waals surface area contributed by atoms with Crippen molar-refractivity contribution in [1.29, 1.82) is 0 Å². The molecule has 0 N–H and O–H groups in total. The first kappa shape index (κ1) is 27.5. The molecule has 0 radical (unpaired) electrons. The normalized spacial score (nSPS) is 25.3. The van der Waals surface area contributed by atoms with Crippen molar-refractivity contribution >= 4 is 18.4 Å². The van der Waals surface area contributed by atoms with E-state index in [0.29, 0.717) is 24.0 Å². The van der Waals surface area contributed by atoms with Crippen LogP contribution >= 0.6 is 0 Å². The van der Waals surface area contributed by atoms with Gasteiger partial charge in [0.05, 0.1) is 0 Å². The van der Waals surface area contributed by atoms with E-state index in [1.165, 1.54) is 38.5 Å². The van der Waals surface area contributed by atoms with Gasteiger partial charge in [0.15, 0.2) is 0 Å². The van der Waals surface area contributed by atoms with Crippen LogP contribution < -0.4 is 0 Å². The van der Waals surface area contributed by atoms with Crippen LogP contribution in [0.2, 0.25) is 13.3 Å². The zero-order valence-electron chi connectivity index (χ0n) is 21.1. The van der Waals surface area contributed by atoms with Gasteiger partial charge in [0.2, 0.25) is 0 Å². The summed E-state index contributed by atoms with van der Waals surface area (Å²) in [7, 11) is 1.84. The number of hydrogen-bond donors (Lipinski definition) is 0. The van der Waals surface area contributed by atoms with E-state index in [1.807, 2.05) is 7.11 Å². The molecule has 0 spiro atoms. The molecule has 1 saturated heterocycles. The van der Waals surface area contributed by atoms with Gasteiger partial charge in [-0.3, -0.25) is 0 Å². The second-order valence-corrected chi connectivity index (χ2v) is 23.1. The second-order valence-electron chi connectivity index (χ2n) is 10.1. The molecule has 0 saturated carbocycles. The van der Waals surface area contributed by atoms with Gasteiger partial charge in [-0.15, -0.1) is 0 Å². The molecule has 1 aliphatic heterocycles. The van der Waals surface area contributed by atoms with Crippen LogP contribution in [0.25, 0.3) is 0 Å². The Balaban J connectivity index is 2.77. The summed E-state index contributed by atoms with van der Waals surface area (Å²) in [5, 5.41) is 0. The molecule has 3 heteroatoms. The van der Waals surface area contributed by atoms with E-state index < -0.39 is 18.4 Å². The van der Waals surface area contributed by atoms with Gasteiger partial charge in [-0.25, -0.2) is 0 Å². The Bertz CT molecular complexity index is 438. The van der Waals surface area contributed by atoms with Crippen LogP contribution in [0, 0.1) is 11.8 Å². The molecule has 1 rings (SSSR count). The molecule has 29 heavy (non-hydrogen) atoms. The molecule has 2 nitrogen and oxygen atoms in total. The molecule has 0 aliphatic carbocycles. The van der Waals surface area contributed by atoms with Crippen LogP contribution in [-0.4, -0.2) is 43.3 Å². The van der Waals surface area contributed by atoms with Crippen molar-refractivity contribution in [3.8, 4) is 0 Å². The standard InChI is InChI=1S/C14H25O2.3C4H9.Sn/c1-7-10(3)9-14(5)13(16-14)11(4)12(8-2)15-6;3*1-3-4-2;/h1,7,10-13H,8-9H2,2-6H3;3*1,3-4H2,2H3;/t10-,11-,12+,13-,14-;;;;/m1..../s1. The summed E-state index contributed by atoms with van der Waals surface area (Å²) < 4.78 is 19.5. The van der Waals surface area contributed by atoms with E-state index in [1.54, 1.807) is 13.3 Å². The summed E-state index contributed by atoms with van der Waals surface area (Å²) in [6, 6.07) is 0. The summed E-state index contributed by atoms with van der Waals surface area (Å²) in [6.07, 6.45) is 13.9. The fraction of sp³-hybridized carbons (Fsp3) is 0.923. The quantitative estimate of drug-likeness (QED) is 0.144. The molecule has 1 heterocycles. The van der Waals surface area contributed by atoms with Gasteiger partial charge in [0.25, 0.3) is 0 Å². The number of unbranched alkanes of at least 4 members (excludes halogenated alkanes) is 3. The van der Waals surface area contributed by atoms with Crippen LogP contribution in [0.1, 0.15) is 99.8 Å². The number of rotatable bonds is 17. The Labute approximate surface area is 187 Å². The van der Waals surface area contributed by atoms with E-state index in [0.717, 1.165) is 12.8 Å². The first-order valence-corrected chi connectivity index (χ1v) is 20.4. The van der Waals surface area contributed by atoms with Crippen LogP contribution in [0.5, 0.6) is 0 Å². The van der Waals surface area contributed by atoms with E-state index in [4.69, 9.17) is 9.47 Å². The molecule has 0 bridgehead atoms. The summed E-state index contributed by atoms with van der Waals surface area (Å²) >= 11 is -2.16. The minimum absolute atomic E-state index is 0.0452. The first-order valence-electron chi connectivity index (χ1n) is 12.7. The Morgan fingerprint density at radius 2 is 1.48 bits per heavy atom. The summed E-state index contributed by atoms with van der Waals surface area (Å²) in [5.41, 5.74) is 0.0452. The third kappa shape index (κ3) is 8.85. The van der Waals surface area contributed by atoms with Crippen molar-refractivity contribution < 1.29 is 9.47 Å². The number of epoxide rings is 1. The molecule has 1 fully saturated rings. The van der Waals surface area contributed by atoms with Gasteiger partial charge in [-0.2, -0.15) is 0 Å². The summed E-state index contributed by atoms with van der Waals surface area (Å²) in [4.78, 5) is 0. The zero-order valence-corrected chi connectivity index (χ0v) is 23.9. The summed E-state index contributed by atoms with van der Waals surface area (Å²) in [5.74, 6) is 1.09. The third-order valence-electron chi connectivity index (χ3n) is 7.30. The Morgan fingerprint density at radius 1 is 0.966 bits per heavy atom. The predicted molar refractivity (Wildman–Crippen MR) is 131 cm³/mol. The number of hydrogen-bond acceptors (Lipinski definition) is 2. The third-order valence-corrected chi connectivity index (χ3v) is 21.4. The molecule has 0 aromatic carbocycles. The van der Waals surface area contributed by atoms with Crippen LogP contribution in [0.4, 0.5) is 0 Å². The number of methoxy groups -OCH3 is 1. The maximum atomic E-state index is 6.25. The predicted octanol–water partition coefficient (Wildman–Crippen LogP) is 8.18. The van der Waals surface area contributed by atoms with E-state index in [2.05, 4.69) is 58.6 Å². The number of ether oxygens (including phenoxy) is 2. The molecule has 0 unspecified atom stereocenters. The first-order chi connectivity index (χ1) is 13.8. The molecular weight excluding hydrogens is 463 g/mol. The molecule has 0 aromatic rings. The van der Waals surface area contributed by atoms with Gasteiger partial charge in [0, 0.05) is 0 Å². The van der Waals surface area contributed by atoms with Crippen LogP contribution in [0.15, 0.2) is 10.2 Å². The fourth-order valence-electron chi connectivity index (χ4n) is 5.32. The molecule has 0 amide bonds. The molecule has 0 aromatic heterocycles. The molecular formula is C26H52O2Sn. The summed E-state index contributed by atoms with van der Waals surface area (Å²) in [6.45, 7) is 16.3. The number of allylic oxidation sites excluding steroid dienone is 1. The van der Waals surface area contributed by atoms with Crippen molar-refractivity contribution in [1.82, 2.24) is 0 Å². The topological polar surface area (TPSA) is 21.8 Å². The zero-order chi connectivity index (χ0) is 21.9. The van der Waals surface area contributed by atoms with Crippen molar-refractivity contribution in [2.75, 3.05) is 7.11 Å². The minimum atomic E-state index is -2.16. The average Bonchev–Trinajstić information content (AvgIpc) is 3.38. The second kappa shape index (κ2) is 13.8. The van der Waals surface area contributed by atoms with Crippen molar-refractivity contribution in [3.05, 3.63) is 10.2 Å². The fourth-order valence-corrected chi connectivity index (χ4v) is 20.0.